The Morgan fingerprint density at radius 3 is 2.74 bits per heavy atom. The third-order valence-electron chi connectivity index (χ3n) is 5.93. The number of nitrogens with one attached hydrogen (secondary N) is 2. The molecule has 1 aliphatic carbocycles. The largest absolute Gasteiger partial charge is 0.389 e. The molecule has 12 heteroatoms. The smallest absolute Gasteiger partial charge is 0.325 e. The van der Waals surface area contributed by atoms with E-state index in [4.69, 9.17) is 10.3 Å². The van der Waals surface area contributed by atoms with Crippen LogP contribution in [0, 0.1) is 5.82 Å². The highest BCUT2D eigenvalue weighted by atomic mass is 19.1. The number of aliphatic hydroxyl groups is 1. The van der Waals surface area contributed by atoms with Crippen LogP contribution in [-0.4, -0.2) is 41.6 Å². The van der Waals surface area contributed by atoms with Crippen LogP contribution in [0.1, 0.15) is 39.4 Å². The number of urea groups is 1. The third kappa shape index (κ3) is 4.52. The Morgan fingerprint density at radius 2 is 2.06 bits per heavy atom. The first kappa shape index (κ1) is 22.7. The van der Waals surface area contributed by atoms with Crippen LogP contribution in [0.5, 0.6) is 0 Å². The number of nitrogens with two attached hydrogens (primary N) is 1. The molecule has 0 radical (unpaired) electrons. The Kier molecular flexibility index (Phi) is 5.20. The Balaban J connectivity index is 1.38. The van der Waals surface area contributed by atoms with E-state index in [0.29, 0.717) is 28.1 Å². The summed E-state index contributed by atoms with van der Waals surface area (Å²) in [4.78, 5) is 20.6. The summed E-state index contributed by atoms with van der Waals surface area (Å²) in [5, 5.41) is 24.1. The third-order valence-corrected chi connectivity index (χ3v) is 5.93. The average Bonchev–Trinajstić information content (AvgIpc) is 3.18. The number of benzene rings is 1. The van der Waals surface area contributed by atoms with Gasteiger partial charge in [0.2, 0.25) is 0 Å². The SMILES string of the molecule is CC(C)(O)Cn1nc(-c2ccc(NC(=O)Nc3cc(C4(C)CC4)on3)c(F)c2)c2c(N)ncnc21. The van der Waals surface area contributed by atoms with Crippen molar-refractivity contribution in [2.75, 3.05) is 16.4 Å². The van der Waals surface area contributed by atoms with Crippen molar-refractivity contribution in [1.82, 2.24) is 24.9 Å². The predicted octanol–water partition coefficient (Wildman–Crippen LogP) is 3.67. The number of carbonyl (C=O) groups excluding carboxylic acids is 1. The van der Waals surface area contributed by atoms with Crippen molar-refractivity contribution < 1.29 is 18.8 Å². The van der Waals surface area contributed by atoms with Gasteiger partial charge in [0.1, 0.15) is 29.4 Å². The number of halogens is 1. The molecule has 2 amide bonds. The molecule has 0 spiro atoms. The first-order valence-corrected chi connectivity index (χ1v) is 11.1. The van der Waals surface area contributed by atoms with Gasteiger partial charge in [-0.2, -0.15) is 5.10 Å². The first-order valence-electron chi connectivity index (χ1n) is 11.1. The molecule has 1 aliphatic rings. The summed E-state index contributed by atoms with van der Waals surface area (Å²) in [7, 11) is 0. The van der Waals surface area contributed by atoms with E-state index < -0.39 is 17.4 Å². The number of carbonyl (C=O) groups is 1. The molecule has 5 rings (SSSR count). The van der Waals surface area contributed by atoms with E-state index in [1.807, 2.05) is 0 Å². The molecule has 0 bridgehead atoms. The lowest BCUT2D eigenvalue weighted by atomic mass is 10.1. The molecule has 3 aromatic heterocycles. The second-order valence-electron chi connectivity index (χ2n) is 9.69. The van der Waals surface area contributed by atoms with Crippen molar-refractivity contribution in [3.8, 4) is 11.3 Å². The molecular formula is C23H25FN8O3. The van der Waals surface area contributed by atoms with Gasteiger partial charge in [-0.25, -0.2) is 23.8 Å². The van der Waals surface area contributed by atoms with Crippen LogP contribution in [0.15, 0.2) is 35.1 Å². The fourth-order valence-electron chi connectivity index (χ4n) is 3.80. The van der Waals surface area contributed by atoms with Gasteiger partial charge in [-0.15, -0.1) is 0 Å². The summed E-state index contributed by atoms with van der Waals surface area (Å²) in [6.07, 6.45) is 3.32. The minimum atomic E-state index is -1.07. The van der Waals surface area contributed by atoms with E-state index >= 15 is 0 Å². The molecule has 35 heavy (non-hydrogen) atoms. The van der Waals surface area contributed by atoms with Crippen LogP contribution >= 0.6 is 0 Å². The number of amides is 2. The zero-order chi connectivity index (χ0) is 25.0. The van der Waals surface area contributed by atoms with Crippen LogP contribution in [-0.2, 0) is 12.0 Å². The van der Waals surface area contributed by atoms with Crippen molar-refractivity contribution in [2.45, 2.75) is 51.2 Å². The van der Waals surface area contributed by atoms with Crippen molar-refractivity contribution in [3.05, 3.63) is 42.2 Å². The molecule has 0 saturated heterocycles. The lowest BCUT2D eigenvalue weighted by Gasteiger charge is -2.16. The van der Waals surface area contributed by atoms with Gasteiger partial charge in [-0.05, 0) is 38.8 Å². The number of nitrogens with zero attached hydrogens (tertiary/aromatic N) is 5. The number of fused-ring (bicyclic) bond motifs is 1. The van der Waals surface area contributed by atoms with Crippen molar-refractivity contribution >= 4 is 34.4 Å². The van der Waals surface area contributed by atoms with E-state index in [1.165, 1.54) is 23.1 Å². The summed E-state index contributed by atoms with van der Waals surface area (Å²) in [6, 6.07) is 5.28. The maximum absolute atomic E-state index is 15.0. The Hall–Kier alpha value is -4.06. The average molecular weight is 481 g/mol. The van der Waals surface area contributed by atoms with Crippen LogP contribution in [0.3, 0.4) is 0 Å². The molecule has 0 unspecified atom stereocenters. The van der Waals surface area contributed by atoms with Gasteiger partial charge in [0, 0.05) is 17.0 Å². The summed E-state index contributed by atoms with van der Waals surface area (Å²) >= 11 is 0. The Morgan fingerprint density at radius 1 is 1.29 bits per heavy atom. The lowest BCUT2D eigenvalue weighted by molar-refractivity contribution is 0.0590. The Bertz CT molecular complexity index is 1430. The molecule has 0 aliphatic heterocycles. The van der Waals surface area contributed by atoms with E-state index in [0.717, 1.165) is 12.8 Å². The molecule has 11 nitrogen and oxygen atoms in total. The molecule has 182 valence electrons. The quantitative estimate of drug-likeness (QED) is 0.326. The van der Waals surface area contributed by atoms with Gasteiger partial charge in [-0.1, -0.05) is 18.1 Å². The number of hydrogen-bond donors (Lipinski definition) is 4. The van der Waals surface area contributed by atoms with Gasteiger partial charge >= 0.3 is 6.03 Å². The summed E-state index contributed by atoms with van der Waals surface area (Å²) in [6.45, 7) is 5.49. The maximum atomic E-state index is 15.0. The highest BCUT2D eigenvalue weighted by Gasteiger charge is 2.43. The molecule has 1 saturated carbocycles. The minimum absolute atomic E-state index is 0.0239. The molecule has 5 N–H and O–H groups in total. The van der Waals surface area contributed by atoms with Crippen LogP contribution < -0.4 is 16.4 Å². The van der Waals surface area contributed by atoms with Gasteiger partial charge in [-0.3, -0.25) is 5.32 Å². The van der Waals surface area contributed by atoms with Crippen molar-refractivity contribution in [3.63, 3.8) is 0 Å². The van der Waals surface area contributed by atoms with Crippen molar-refractivity contribution in [1.29, 1.82) is 0 Å². The monoisotopic (exact) mass is 480 g/mol. The lowest BCUT2D eigenvalue weighted by Crippen LogP contribution is -2.26. The number of anilines is 3. The second kappa shape index (κ2) is 8.01. The summed E-state index contributed by atoms with van der Waals surface area (Å²) < 4.78 is 21.8. The highest BCUT2D eigenvalue weighted by Crippen LogP contribution is 2.48. The number of nitrogen functional groups attached to an aromatic ring is 1. The van der Waals surface area contributed by atoms with Gasteiger partial charge in [0.05, 0.1) is 23.2 Å². The van der Waals surface area contributed by atoms with Gasteiger partial charge in [0.15, 0.2) is 11.5 Å². The van der Waals surface area contributed by atoms with Crippen LogP contribution in [0.4, 0.5) is 26.5 Å². The molecular weight excluding hydrogens is 455 g/mol. The topological polar surface area (TPSA) is 157 Å². The normalized spacial score (nSPS) is 14.8. The number of aromatic nitrogens is 5. The molecule has 3 heterocycles. The van der Waals surface area contributed by atoms with E-state index in [1.54, 1.807) is 26.0 Å². The van der Waals surface area contributed by atoms with Gasteiger partial charge < -0.3 is 20.7 Å². The van der Waals surface area contributed by atoms with E-state index in [9.17, 15) is 14.3 Å². The molecule has 1 aromatic carbocycles. The number of rotatable bonds is 6. The van der Waals surface area contributed by atoms with E-state index in [-0.39, 0.29) is 29.3 Å². The summed E-state index contributed by atoms with van der Waals surface area (Å²) in [5.41, 5.74) is 6.14. The van der Waals surface area contributed by atoms with Crippen LogP contribution in [0.25, 0.3) is 22.3 Å². The zero-order valence-corrected chi connectivity index (χ0v) is 19.5. The summed E-state index contributed by atoms with van der Waals surface area (Å²) in [5.74, 6) is 0.468. The second-order valence-corrected chi connectivity index (χ2v) is 9.69. The fraction of sp³-hybridized carbons (Fsp3) is 0.348. The molecule has 4 aromatic rings. The standard InChI is InChI=1S/C23H25FN8O3/c1-22(2,34)10-32-20-17(19(25)26-11-27-20)18(30-32)12-4-5-14(13(24)8-12)28-21(33)29-16-9-15(35-31-16)23(3)6-7-23/h4-5,8-9,11,34H,6-7,10H2,1-3H3,(H2,25,26,27)(H2,28,29,31,33). The Labute approximate surface area is 199 Å². The fourth-order valence-corrected chi connectivity index (χ4v) is 3.80. The highest BCUT2D eigenvalue weighted by molar-refractivity contribution is 6.00. The van der Waals surface area contributed by atoms with Crippen molar-refractivity contribution in [2.24, 2.45) is 0 Å². The van der Waals surface area contributed by atoms with Gasteiger partial charge in [0.25, 0.3) is 0 Å². The molecule has 0 atom stereocenters. The number of hydrogen-bond acceptors (Lipinski definition) is 8. The zero-order valence-electron chi connectivity index (χ0n) is 19.5. The minimum Gasteiger partial charge on any atom is -0.389 e. The van der Waals surface area contributed by atoms with Crippen LogP contribution in [0.2, 0.25) is 0 Å². The predicted molar refractivity (Wildman–Crippen MR) is 127 cm³/mol. The first-order chi connectivity index (χ1) is 16.5. The molecule has 1 fully saturated rings. The maximum Gasteiger partial charge on any atom is 0.325 e. The van der Waals surface area contributed by atoms with E-state index in [2.05, 4.69) is 37.8 Å².